The molecule has 0 aromatic heterocycles. The highest BCUT2D eigenvalue weighted by molar-refractivity contribution is 6.30. The molecule has 0 unspecified atom stereocenters. The zero-order valence-electron chi connectivity index (χ0n) is 7.47. The molecule has 0 saturated heterocycles. The van der Waals surface area contributed by atoms with Crippen molar-refractivity contribution in [2.45, 2.75) is 6.42 Å². The molecule has 0 saturated carbocycles. The molecule has 0 spiro atoms. The Morgan fingerprint density at radius 2 is 2.25 bits per heavy atom. The van der Waals surface area contributed by atoms with Crippen LogP contribution in [0.5, 0.6) is 0 Å². The molecular formula is C10H13ClN. The predicted octanol–water partition coefficient (Wildman–Crippen LogP) is 2.24. The van der Waals surface area contributed by atoms with E-state index >= 15 is 0 Å². The smallest absolute Gasteiger partial charge is 0.0409 e. The number of benzene rings is 1. The van der Waals surface area contributed by atoms with E-state index in [0.717, 1.165) is 18.0 Å². The molecule has 0 aliphatic rings. The van der Waals surface area contributed by atoms with Crippen LogP contribution in [-0.4, -0.2) is 25.5 Å². The molecule has 0 fully saturated rings. The van der Waals surface area contributed by atoms with Crippen molar-refractivity contribution in [3.05, 3.63) is 34.9 Å². The Morgan fingerprint density at radius 1 is 1.50 bits per heavy atom. The van der Waals surface area contributed by atoms with Crippen molar-refractivity contribution in [1.29, 1.82) is 0 Å². The molecule has 0 bridgehead atoms. The number of nitrogens with zero attached hydrogens (tertiary/aromatic N) is 1. The topological polar surface area (TPSA) is 3.24 Å². The fraction of sp³-hybridized carbons (Fsp3) is 0.400. The van der Waals surface area contributed by atoms with E-state index in [2.05, 4.69) is 25.1 Å². The van der Waals surface area contributed by atoms with Crippen LogP contribution in [0.3, 0.4) is 0 Å². The molecular weight excluding hydrogens is 170 g/mol. The van der Waals surface area contributed by atoms with E-state index in [9.17, 15) is 0 Å². The number of halogens is 1. The first kappa shape index (κ1) is 9.56. The van der Waals surface area contributed by atoms with Crippen molar-refractivity contribution >= 4 is 11.6 Å². The van der Waals surface area contributed by atoms with Gasteiger partial charge in [0.2, 0.25) is 0 Å². The molecule has 1 nitrogen and oxygen atoms in total. The fourth-order valence-electron chi connectivity index (χ4n) is 0.973. The molecule has 0 aliphatic carbocycles. The van der Waals surface area contributed by atoms with Gasteiger partial charge in [-0.1, -0.05) is 17.7 Å². The molecule has 65 valence electrons. The summed E-state index contributed by atoms with van der Waals surface area (Å²) >= 11 is 5.83. The van der Waals surface area contributed by atoms with E-state index < -0.39 is 0 Å². The van der Waals surface area contributed by atoms with Crippen molar-refractivity contribution in [2.24, 2.45) is 0 Å². The normalized spacial score (nSPS) is 10.7. The first-order valence-electron chi connectivity index (χ1n) is 3.99. The summed E-state index contributed by atoms with van der Waals surface area (Å²) in [4.78, 5) is 2.15. The molecule has 0 aliphatic heterocycles. The number of hydrogen-bond donors (Lipinski definition) is 0. The molecule has 1 aromatic rings. The van der Waals surface area contributed by atoms with E-state index in [1.54, 1.807) is 0 Å². The number of likely N-dealkylation sites (N-methyl/N-ethyl adjacent to an activating group) is 1. The molecule has 0 amide bonds. The Balaban J connectivity index is 2.52. The van der Waals surface area contributed by atoms with Crippen LogP contribution in [0.25, 0.3) is 0 Å². The lowest BCUT2D eigenvalue weighted by Crippen LogP contribution is -2.14. The third-order valence-electron chi connectivity index (χ3n) is 1.65. The maximum atomic E-state index is 5.83. The minimum atomic E-state index is 0.794. The van der Waals surface area contributed by atoms with E-state index in [0.29, 0.717) is 0 Å². The summed E-state index contributed by atoms with van der Waals surface area (Å²) in [6, 6.07) is 8.83. The molecule has 0 atom stereocenters. The van der Waals surface area contributed by atoms with E-state index in [4.69, 9.17) is 11.6 Å². The van der Waals surface area contributed by atoms with Gasteiger partial charge in [-0.15, -0.1) is 0 Å². The lowest BCUT2D eigenvalue weighted by atomic mass is 10.1. The highest BCUT2D eigenvalue weighted by atomic mass is 35.5. The van der Waals surface area contributed by atoms with E-state index in [-0.39, 0.29) is 0 Å². The minimum Gasteiger partial charge on any atom is -0.309 e. The predicted molar refractivity (Wildman–Crippen MR) is 52.5 cm³/mol. The minimum absolute atomic E-state index is 0.794. The van der Waals surface area contributed by atoms with Gasteiger partial charge in [0.05, 0.1) is 0 Å². The van der Waals surface area contributed by atoms with Gasteiger partial charge in [0.25, 0.3) is 0 Å². The fourth-order valence-corrected chi connectivity index (χ4v) is 1.17. The van der Waals surface area contributed by atoms with Gasteiger partial charge < -0.3 is 4.90 Å². The highest BCUT2D eigenvalue weighted by Gasteiger charge is 1.95. The zero-order chi connectivity index (χ0) is 8.97. The average molecular weight is 183 g/mol. The van der Waals surface area contributed by atoms with Crippen LogP contribution < -0.4 is 0 Å². The zero-order valence-corrected chi connectivity index (χ0v) is 8.23. The van der Waals surface area contributed by atoms with Crippen LogP contribution >= 0.6 is 11.6 Å². The second-order valence-electron chi connectivity index (χ2n) is 3.09. The summed E-state index contributed by atoms with van der Waals surface area (Å²) in [7, 11) is 4.12. The Labute approximate surface area is 79.0 Å². The maximum absolute atomic E-state index is 5.83. The molecule has 1 rings (SSSR count). The highest BCUT2D eigenvalue weighted by Crippen LogP contribution is 2.10. The Hall–Kier alpha value is -0.530. The second-order valence-corrected chi connectivity index (χ2v) is 3.52. The van der Waals surface area contributed by atoms with Gasteiger partial charge in [-0.05, 0) is 44.3 Å². The molecule has 0 heterocycles. The summed E-state index contributed by atoms with van der Waals surface area (Å²) < 4.78 is 0. The van der Waals surface area contributed by atoms with Crippen molar-refractivity contribution < 1.29 is 0 Å². The first-order chi connectivity index (χ1) is 5.68. The summed E-state index contributed by atoms with van der Waals surface area (Å²) in [5.41, 5.74) is 1.18. The van der Waals surface area contributed by atoms with Crippen LogP contribution in [0.2, 0.25) is 5.02 Å². The number of hydrogen-bond acceptors (Lipinski definition) is 1. The van der Waals surface area contributed by atoms with Gasteiger partial charge in [0, 0.05) is 11.6 Å². The van der Waals surface area contributed by atoms with Crippen LogP contribution in [0.4, 0.5) is 0 Å². The quantitative estimate of drug-likeness (QED) is 0.693. The SMILES string of the molecule is CN(C)CCc1[c]ccc(Cl)c1. The van der Waals surface area contributed by atoms with Crippen molar-refractivity contribution in [3.8, 4) is 0 Å². The molecule has 1 radical (unpaired) electrons. The molecule has 12 heavy (non-hydrogen) atoms. The molecule has 1 aromatic carbocycles. The van der Waals surface area contributed by atoms with Crippen molar-refractivity contribution in [3.63, 3.8) is 0 Å². The van der Waals surface area contributed by atoms with Crippen molar-refractivity contribution in [1.82, 2.24) is 4.90 Å². The summed E-state index contributed by atoms with van der Waals surface area (Å²) in [5.74, 6) is 0. The van der Waals surface area contributed by atoms with Gasteiger partial charge in [-0.3, -0.25) is 0 Å². The molecule has 0 N–H and O–H groups in total. The van der Waals surface area contributed by atoms with E-state index in [1.807, 2.05) is 18.2 Å². The van der Waals surface area contributed by atoms with Crippen LogP contribution in [0.1, 0.15) is 5.56 Å². The Morgan fingerprint density at radius 3 is 2.83 bits per heavy atom. The first-order valence-corrected chi connectivity index (χ1v) is 4.37. The monoisotopic (exact) mass is 182 g/mol. The van der Waals surface area contributed by atoms with Gasteiger partial charge >= 0.3 is 0 Å². The lowest BCUT2D eigenvalue weighted by Gasteiger charge is -2.08. The molecule has 2 heteroatoms. The average Bonchev–Trinajstić information content (AvgIpc) is 2.01. The second kappa shape index (κ2) is 4.48. The lowest BCUT2D eigenvalue weighted by molar-refractivity contribution is 0.413. The largest absolute Gasteiger partial charge is 0.309 e. The third-order valence-corrected chi connectivity index (χ3v) is 1.89. The van der Waals surface area contributed by atoms with Crippen LogP contribution in [-0.2, 0) is 6.42 Å². The van der Waals surface area contributed by atoms with Gasteiger partial charge in [0.15, 0.2) is 0 Å². The summed E-state index contributed by atoms with van der Waals surface area (Å²) in [5, 5.41) is 0.794. The Kier molecular flexibility index (Phi) is 3.57. The van der Waals surface area contributed by atoms with Crippen LogP contribution in [0.15, 0.2) is 18.2 Å². The summed E-state index contributed by atoms with van der Waals surface area (Å²) in [6.07, 6.45) is 1.01. The third kappa shape index (κ3) is 3.24. The Bertz CT molecular complexity index is 245. The standard InChI is InChI=1S/C10H13ClN/c1-12(2)7-6-9-4-3-5-10(11)8-9/h3,5,8H,6-7H2,1-2H3. The van der Waals surface area contributed by atoms with Crippen LogP contribution in [0, 0.1) is 6.07 Å². The van der Waals surface area contributed by atoms with Gasteiger partial charge in [0.1, 0.15) is 0 Å². The van der Waals surface area contributed by atoms with Gasteiger partial charge in [-0.25, -0.2) is 0 Å². The maximum Gasteiger partial charge on any atom is 0.0409 e. The van der Waals surface area contributed by atoms with Gasteiger partial charge in [-0.2, -0.15) is 0 Å². The summed E-state index contributed by atoms with van der Waals surface area (Å²) in [6.45, 7) is 1.04. The van der Waals surface area contributed by atoms with E-state index in [1.165, 1.54) is 5.56 Å². The van der Waals surface area contributed by atoms with Crippen molar-refractivity contribution in [2.75, 3.05) is 20.6 Å². The number of rotatable bonds is 3.